The number of rotatable bonds is 46. The van der Waals surface area contributed by atoms with Crippen LogP contribution < -0.4 is 0 Å². The third-order valence-corrected chi connectivity index (χ3v) is 13.2. The Morgan fingerprint density at radius 2 is 1.00 bits per heavy atom. The monoisotopic (exact) mass is 837 g/mol. The first-order chi connectivity index (χ1) is 29.1. The van der Waals surface area contributed by atoms with Gasteiger partial charge < -0.3 is 29.1 Å². The minimum Gasteiger partial charge on any atom is -0.465 e. The highest BCUT2D eigenvalue weighted by atomic mass is 16.7. The molecule has 2 atom stereocenters. The van der Waals surface area contributed by atoms with Gasteiger partial charge >= 0.3 is 5.97 Å². The Bertz CT molecular complexity index is 853. The lowest BCUT2D eigenvalue weighted by molar-refractivity contribution is -0.145. The van der Waals surface area contributed by atoms with Crippen molar-refractivity contribution in [1.29, 1.82) is 0 Å². The van der Waals surface area contributed by atoms with E-state index in [0.717, 1.165) is 71.6 Å². The first-order valence-corrected chi connectivity index (χ1v) is 26.5. The van der Waals surface area contributed by atoms with Gasteiger partial charge in [-0.25, -0.2) is 0 Å². The molecule has 7 nitrogen and oxygen atoms in total. The van der Waals surface area contributed by atoms with Crippen molar-refractivity contribution in [1.82, 2.24) is 9.80 Å². The van der Waals surface area contributed by atoms with E-state index in [9.17, 15) is 9.90 Å². The van der Waals surface area contributed by atoms with Crippen molar-refractivity contribution in [3.05, 3.63) is 0 Å². The molecule has 0 aromatic heterocycles. The van der Waals surface area contributed by atoms with E-state index in [-0.39, 0.29) is 12.6 Å². The number of carbonyl (C=O) groups is 1. The molecule has 0 spiro atoms. The normalized spacial score (nSPS) is 15.0. The van der Waals surface area contributed by atoms with E-state index in [1.54, 1.807) is 0 Å². The van der Waals surface area contributed by atoms with Crippen molar-refractivity contribution in [2.24, 2.45) is 11.8 Å². The molecule has 0 aromatic carbocycles. The Morgan fingerprint density at radius 3 is 1.53 bits per heavy atom. The number of piperidine rings is 1. The maximum Gasteiger partial charge on any atom is 0.305 e. The number of aliphatic hydroxyl groups excluding tert-OH is 1. The standard InChI is InChI=1S/C52H104N2O5/c1-5-9-13-17-19-26-33-49(32-24-15-11-7-3)46-58-48-57-45-31-22-21-29-39-54(51-37-41-53(42-38-51)43-44-55)40-30-23-28-36-52(56)59-47-50(34-25-16-12-8-4)35-27-20-18-14-10-6-2/h49-51,55H,5-48H2,1-4H3. The zero-order valence-corrected chi connectivity index (χ0v) is 40.3. The Balaban J connectivity index is 2.35. The fourth-order valence-electron chi connectivity index (χ4n) is 9.14. The second-order valence-electron chi connectivity index (χ2n) is 18.7. The molecule has 0 saturated carbocycles. The lowest BCUT2D eigenvalue weighted by atomic mass is 9.95. The summed E-state index contributed by atoms with van der Waals surface area (Å²) in [6.07, 6.45) is 42.6. The summed E-state index contributed by atoms with van der Waals surface area (Å²) < 4.78 is 17.9. The van der Waals surface area contributed by atoms with E-state index >= 15 is 0 Å². The molecule has 1 N–H and O–H groups in total. The molecular weight excluding hydrogens is 733 g/mol. The summed E-state index contributed by atoms with van der Waals surface area (Å²) in [5.41, 5.74) is 0. The van der Waals surface area contributed by atoms with E-state index in [0.29, 0.717) is 37.7 Å². The van der Waals surface area contributed by atoms with Crippen LogP contribution in [-0.2, 0) is 19.0 Å². The van der Waals surface area contributed by atoms with Crippen LogP contribution in [0.5, 0.6) is 0 Å². The summed E-state index contributed by atoms with van der Waals surface area (Å²) in [6.45, 7) is 17.4. The molecule has 1 saturated heterocycles. The molecule has 0 aliphatic carbocycles. The number of unbranched alkanes of at least 4 members (excludes halogenated alkanes) is 21. The number of hydrogen-bond donors (Lipinski definition) is 1. The van der Waals surface area contributed by atoms with Crippen molar-refractivity contribution in [2.45, 2.75) is 252 Å². The fourth-order valence-corrected chi connectivity index (χ4v) is 9.14. The number of aliphatic hydroxyl groups is 1. The average Bonchev–Trinajstić information content (AvgIpc) is 3.25. The summed E-state index contributed by atoms with van der Waals surface area (Å²) in [5.74, 6) is 1.24. The van der Waals surface area contributed by atoms with Crippen LogP contribution in [0.3, 0.4) is 0 Å². The zero-order valence-electron chi connectivity index (χ0n) is 40.3. The van der Waals surface area contributed by atoms with Crippen LogP contribution in [0.1, 0.15) is 246 Å². The van der Waals surface area contributed by atoms with E-state index in [1.165, 1.54) is 186 Å². The Labute approximate surface area is 368 Å². The summed E-state index contributed by atoms with van der Waals surface area (Å²) in [4.78, 5) is 18.0. The molecule has 1 aliphatic rings. The number of β-amino-alcohol motifs (C(OH)–C–C–N with tert-alkyl or cyclic N) is 1. The van der Waals surface area contributed by atoms with E-state index in [2.05, 4.69) is 37.5 Å². The van der Waals surface area contributed by atoms with Crippen molar-refractivity contribution < 1.29 is 24.1 Å². The van der Waals surface area contributed by atoms with Gasteiger partial charge in [-0.3, -0.25) is 4.79 Å². The summed E-state index contributed by atoms with van der Waals surface area (Å²) in [6, 6.07) is 0.632. The first kappa shape index (κ1) is 56.3. The topological polar surface area (TPSA) is 71.5 Å². The number of nitrogens with zero attached hydrogens (tertiary/aromatic N) is 2. The highest BCUT2D eigenvalue weighted by molar-refractivity contribution is 5.69. The lowest BCUT2D eigenvalue weighted by Crippen LogP contribution is -2.46. The van der Waals surface area contributed by atoms with E-state index < -0.39 is 0 Å². The number of esters is 1. The Morgan fingerprint density at radius 1 is 0.559 bits per heavy atom. The van der Waals surface area contributed by atoms with Crippen LogP contribution in [0.15, 0.2) is 0 Å². The van der Waals surface area contributed by atoms with Crippen molar-refractivity contribution >= 4 is 5.97 Å². The third kappa shape index (κ3) is 35.4. The largest absolute Gasteiger partial charge is 0.465 e. The Kier molecular flexibility index (Phi) is 41.9. The van der Waals surface area contributed by atoms with Gasteiger partial charge in [0.15, 0.2) is 0 Å². The summed E-state index contributed by atoms with van der Waals surface area (Å²) in [5, 5.41) is 9.45. The molecule has 1 fully saturated rings. The van der Waals surface area contributed by atoms with Crippen LogP contribution >= 0.6 is 0 Å². The van der Waals surface area contributed by atoms with Gasteiger partial charge in [0.2, 0.25) is 0 Å². The highest BCUT2D eigenvalue weighted by Crippen LogP contribution is 2.22. The molecule has 0 amide bonds. The van der Waals surface area contributed by atoms with Crippen molar-refractivity contribution in [3.63, 3.8) is 0 Å². The van der Waals surface area contributed by atoms with Gasteiger partial charge in [0.25, 0.3) is 0 Å². The number of ether oxygens (including phenoxy) is 3. The van der Waals surface area contributed by atoms with Gasteiger partial charge in [0.1, 0.15) is 6.79 Å². The first-order valence-electron chi connectivity index (χ1n) is 26.5. The second kappa shape index (κ2) is 43.9. The minimum absolute atomic E-state index is 0.0145. The van der Waals surface area contributed by atoms with Gasteiger partial charge in [-0.1, -0.05) is 175 Å². The number of carbonyl (C=O) groups excluding carboxylic acids is 1. The third-order valence-electron chi connectivity index (χ3n) is 13.2. The van der Waals surface area contributed by atoms with Gasteiger partial charge in [-0.2, -0.15) is 0 Å². The molecule has 59 heavy (non-hydrogen) atoms. The van der Waals surface area contributed by atoms with Gasteiger partial charge in [-0.15, -0.1) is 0 Å². The predicted molar refractivity (Wildman–Crippen MR) is 253 cm³/mol. The van der Waals surface area contributed by atoms with Gasteiger partial charge in [-0.05, 0) is 102 Å². The van der Waals surface area contributed by atoms with Crippen LogP contribution in [0.2, 0.25) is 0 Å². The zero-order chi connectivity index (χ0) is 42.7. The molecule has 1 rings (SSSR count). The molecular formula is C52H104N2O5. The Hall–Kier alpha value is -0.730. The van der Waals surface area contributed by atoms with Crippen LogP contribution in [0.25, 0.3) is 0 Å². The molecule has 0 bridgehead atoms. The average molecular weight is 837 g/mol. The van der Waals surface area contributed by atoms with E-state index in [1.807, 2.05) is 0 Å². The summed E-state index contributed by atoms with van der Waals surface area (Å²) >= 11 is 0. The van der Waals surface area contributed by atoms with Crippen LogP contribution in [-0.4, -0.2) is 92.9 Å². The van der Waals surface area contributed by atoms with Crippen LogP contribution in [0, 0.1) is 11.8 Å². The molecule has 2 unspecified atom stereocenters. The quantitative estimate of drug-likeness (QED) is 0.0372. The smallest absolute Gasteiger partial charge is 0.305 e. The summed E-state index contributed by atoms with van der Waals surface area (Å²) in [7, 11) is 0. The van der Waals surface area contributed by atoms with Gasteiger partial charge in [0, 0.05) is 25.6 Å². The number of likely N-dealkylation sites (tertiary alicyclic amines) is 1. The SMILES string of the molecule is CCCCCCCCC(CCCCCC)COCOCCCCCCN(CCCCCC(=O)OCC(CCCCCC)CCCCCCCC)C1CCN(CCO)CC1. The fraction of sp³-hybridized carbons (Fsp3) is 0.981. The van der Waals surface area contributed by atoms with Crippen molar-refractivity contribution in [2.75, 3.05) is 65.9 Å². The molecule has 0 radical (unpaired) electrons. The van der Waals surface area contributed by atoms with Crippen molar-refractivity contribution in [3.8, 4) is 0 Å². The second-order valence-corrected chi connectivity index (χ2v) is 18.7. The molecule has 1 aliphatic heterocycles. The molecule has 1 heterocycles. The predicted octanol–water partition coefficient (Wildman–Crippen LogP) is 14.1. The van der Waals surface area contributed by atoms with Gasteiger partial charge in [0.05, 0.1) is 19.8 Å². The highest BCUT2D eigenvalue weighted by Gasteiger charge is 2.24. The molecule has 0 aromatic rings. The maximum absolute atomic E-state index is 12.8. The minimum atomic E-state index is 0.0145. The lowest BCUT2D eigenvalue weighted by Gasteiger charge is -2.38. The molecule has 7 heteroatoms. The van der Waals surface area contributed by atoms with E-state index in [4.69, 9.17) is 14.2 Å². The maximum atomic E-state index is 12.8. The number of hydrogen-bond acceptors (Lipinski definition) is 7. The molecule has 352 valence electrons. The van der Waals surface area contributed by atoms with Crippen LogP contribution in [0.4, 0.5) is 0 Å².